The summed E-state index contributed by atoms with van der Waals surface area (Å²) in [4.78, 5) is 31.9. The SMILES string of the molecule is CS(=O)(=O)N1CCCC(NC(=O)CCn2cnc3sc4c(c3c2=O)CCCC4)C1. The molecular weight excluding hydrogens is 412 g/mol. The minimum absolute atomic E-state index is 0.0666. The van der Waals surface area contributed by atoms with Gasteiger partial charge in [0.1, 0.15) is 4.83 Å². The van der Waals surface area contributed by atoms with Gasteiger partial charge < -0.3 is 5.32 Å². The highest BCUT2D eigenvalue weighted by Crippen LogP contribution is 2.33. The average Bonchev–Trinajstić information content (AvgIpc) is 3.06. The number of rotatable bonds is 5. The zero-order valence-electron chi connectivity index (χ0n) is 16.5. The number of piperidine rings is 1. The summed E-state index contributed by atoms with van der Waals surface area (Å²) in [5.74, 6) is -0.176. The maximum Gasteiger partial charge on any atom is 0.262 e. The van der Waals surface area contributed by atoms with Crippen molar-refractivity contribution >= 4 is 37.5 Å². The first-order chi connectivity index (χ1) is 13.8. The molecule has 2 aliphatic rings. The van der Waals surface area contributed by atoms with Crippen molar-refractivity contribution in [3.05, 3.63) is 27.1 Å². The van der Waals surface area contributed by atoms with Crippen molar-refractivity contribution in [2.24, 2.45) is 0 Å². The van der Waals surface area contributed by atoms with Crippen LogP contribution in [-0.2, 0) is 34.2 Å². The van der Waals surface area contributed by atoms with Crippen molar-refractivity contribution in [1.29, 1.82) is 0 Å². The summed E-state index contributed by atoms with van der Waals surface area (Å²) in [6, 6.07) is -0.188. The van der Waals surface area contributed by atoms with E-state index in [2.05, 4.69) is 10.3 Å². The zero-order valence-corrected chi connectivity index (χ0v) is 18.1. The maximum atomic E-state index is 12.9. The Kier molecular flexibility index (Phi) is 5.76. The van der Waals surface area contributed by atoms with Gasteiger partial charge >= 0.3 is 0 Å². The number of aryl methyl sites for hydroxylation is 3. The fourth-order valence-electron chi connectivity index (χ4n) is 4.22. The molecule has 1 amide bonds. The molecule has 29 heavy (non-hydrogen) atoms. The number of nitrogens with zero attached hydrogens (tertiary/aromatic N) is 3. The number of amides is 1. The van der Waals surface area contributed by atoms with Crippen molar-refractivity contribution < 1.29 is 13.2 Å². The molecule has 1 saturated heterocycles. The van der Waals surface area contributed by atoms with Gasteiger partial charge in [-0.2, -0.15) is 0 Å². The Balaban J connectivity index is 1.41. The molecule has 0 bridgehead atoms. The monoisotopic (exact) mass is 438 g/mol. The van der Waals surface area contributed by atoms with Crippen LogP contribution in [-0.4, -0.2) is 53.6 Å². The van der Waals surface area contributed by atoms with Gasteiger partial charge in [-0.15, -0.1) is 11.3 Å². The number of carbonyl (C=O) groups is 1. The third-order valence-corrected chi connectivity index (χ3v) is 8.21. The molecule has 1 unspecified atom stereocenters. The summed E-state index contributed by atoms with van der Waals surface area (Å²) in [7, 11) is -3.25. The Hall–Kier alpha value is -1.78. The van der Waals surface area contributed by atoms with E-state index in [9.17, 15) is 18.0 Å². The predicted octanol–water partition coefficient (Wildman–Crippen LogP) is 1.27. The highest BCUT2D eigenvalue weighted by atomic mass is 32.2. The standard InChI is InChI=1S/C19H26N4O4S2/c1-29(26,27)23-9-4-5-13(11-23)21-16(24)8-10-22-12-20-18-17(19(22)25)14-6-2-3-7-15(14)28-18/h12-13H,2-11H2,1H3,(H,21,24). The van der Waals surface area contributed by atoms with Crippen molar-refractivity contribution in [2.75, 3.05) is 19.3 Å². The van der Waals surface area contributed by atoms with Crippen molar-refractivity contribution in [3.63, 3.8) is 0 Å². The number of hydrogen-bond acceptors (Lipinski definition) is 6. The second-order valence-corrected chi connectivity index (χ2v) is 11.0. The van der Waals surface area contributed by atoms with E-state index in [0.29, 0.717) is 13.1 Å². The number of sulfonamides is 1. The van der Waals surface area contributed by atoms with Crippen LogP contribution < -0.4 is 10.9 Å². The summed E-state index contributed by atoms with van der Waals surface area (Å²) in [5, 5.41) is 3.64. The Morgan fingerprint density at radius 1 is 1.31 bits per heavy atom. The van der Waals surface area contributed by atoms with E-state index in [1.807, 2.05) is 0 Å². The van der Waals surface area contributed by atoms with Gasteiger partial charge in [0.05, 0.1) is 18.0 Å². The smallest absolute Gasteiger partial charge is 0.262 e. The quantitative estimate of drug-likeness (QED) is 0.758. The molecule has 2 aromatic rings. The van der Waals surface area contributed by atoms with Crippen LogP contribution in [0, 0.1) is 0 Å². The van der Waals surface area contributed by atoms with Crippen LogP contribution >= 0.6 is 11.3 Å². The van der Waals surface area contributed by atoms with Gasteiger partial charge in [0.2, 0.25) is 15.9 Å². The summed E-state index contributed by atoms with van der Waals surface area (Å²) in [6.07, 6.45) is 8.57. The largest absolute Gasteiger partial charge is 0.352 e. The van der Waals surface area contributed by atoms with E-state index in [1.54, 1.807) is 11.3 Å². The van der Waals surface area contributed by atoms with Gasteiger partial charge in [-0.3, -0.25) is 14.2 Å². The van der Waals surface area contributed by atoms with Gasteiger partial charge in [0.15, 0.2) is 0 Å². The molecule has 0 aromatic carbocycles. The van der Waals surface area contributed by atoms with Gasteiger partial charge in [-0.25, -0.2) is 17.7 Å². The number of thiophene rings is 1. The van der Waals surface area contributed by atoms with Crippen LogP contribution in [0.1, 0.15) is 42.5 Å². The lowest BCUT2D eigenvalue weighted by atomic mass is 9.97. The number of fused-ring (bicyclic) bond motifs is 3. The first-order valence-electron chi connectivity index (χ1n) is 10.1. The number of carbonyl (C=O) groups excluding carboxylic acids is 1. The molecule has 3 heterocycles. The second kappa shape index (κ2) is 8.16. The van der Waals surface area contributed by atoms with Crippen molar-refractivity contribution in [2.45, 2.75) is 57.5 Å². The molecular formula is C19H26N4O4S2. The summed E-state index contributed by atoms with van der Waals surface area (Å²) >= 11 is 1.61. The van der Waals surface area contributed by atoms with E-state index >= 15 is 0 Å². The van der Waals surface area contributed by atoms with Crippen LogP contribution in [0.4, 0.5) is 0 Å². The van der Waals surface area contributed by atoms with Crippen molar-refractivity contribution in [3.8, 4) is 0 Å². The fourth-order valence-corrected chi connectivity index (χ4v) is 6.35. The Labute approximate surface area is 174 Å². The van der Waals surface area contributed by atoms with E-state index in [4.69, 9.17) is 0 Å². The molecule has 8 nitrogen and oxygen atoms in total. The molecule has 0 radical (unpaired) electrons. The summed E-state index contributed by atoms with van der Waals surface area (Å²) in [6.45, 7) is 1.07. The minimum atomic E-state index is -3.25. The average molecular weight is 439 g/mol. The minimum Gasteiger partial charge on any atom is -0.352 e. The molecule has 4 rings (SSSR count). The van der Waals surface area contributed by atoms with Crippen LogP contribution in [0.15, 0.2) is 11.1 Å². The molecule has 1 N–H and O–H groups in total. The molecule has 1 aliphatic heterocycles. The van der Waals surface area contributed by atoms with Gasteiger partial charge in [0, 0.05) is 37.0 Å². The van der Waals surface area contributed by atoms with Crippen LogP contribution in [0.5, 0.6) is 0 Å². The van der Waals surface area contributed by atoms with Crippen molar-refractivity contribution in [1.82, 2.24) is 19.2 Å². The van der Waals surface area contributed by atoms with Crippen LogP contribution in [0.3, 0.4) is 0 Å². The Morgan fingerprint density at radius 2 is 2.10 bits per heavy atom. The van der Waals surface area contributed by atoms with E-state index < -0.39 is 10.0 Å². The Morgan fingerprint density at radius 3 is 2.90 bits per heavy atom. The summed E-state index contributed by atoms with van der Waals surface area (Å²) < 4.78 is 26.4. The third kappa shape index (κ3) is 4.39. The first-order valence-corrected chi connectivity index (χ1v) is 12.7. The Bertz CT molecular complexity index is 1090. The highest BCUT2D eigenvalue weighted by molar-refractivity contribution is 7.88. The lowest BCUT2D eigenvalue weighted by Crippen LogP contribution is -2.49. The van der Waals surface area contributed by atoms with Crippen LogP contribution in [0.2, 0.25) is 0 Å². The molecule has 1 aliphatic carbocycles. The maximum absolute atomic E-state index is 12.9. The molecule has 2 aromatic heterocycles. The van der Waals surface area contributed by atoms with E-state index in [-0.39, 0.29) is 30.5 Å². The number of hydrogen-bond donors (Lipinski definition) is 1. The molecule has 1 atom stereocenters. The first kappa shape index (κ1) is 20.5. The predicted molar refractivity (Wildman–Crippen MR) is 113 cm³/mol. The molecule has 0 spiro atoms. The molecule has 158 valence electrons. The van der Waals surface area contributed by atoms with E-state index in [1.165, 1.54) is 26.3 Å². The van der Waals surface area contributed by atoms with Gasteiger partial charge in [-0.1, -0.05) is 0 Å². The molecule has 0 saturated carbocycles. The topological polar surface area (TPSA) is 101 Å². The highest BCUT2D eigenvalue weighted by Gasteiger charge is 2.27. The number of nitrogens with one attached hydrogen (secondary N) is 1. The second-order valence-electron chi connectivity index (χ2n) is 7.91. The van der Waals surface area contributed by atoms with E-state index in [0.717, 1.165) is 54.3 Å². The molecule has 1 fully saturated rings. The fraction of sp³-hybridized carbons (Fsp3) is 0.632. The van der Waals surface area contributed by atoms with Gasteiger partial charge in [-0.05, 0) is 44.1 Å². The lowest BCUT2D eigenvalue weighted by molar-refractivity contribution is -0.122. The van der Waals surface area contributed by atoms with Crippen LogP contribution in [0.25, 0.3) is 10.2 Å². The lowest BCUT2D eigenvalue weighted by Gasteiger charge is -2.31. The summed E-state index contributed by atoms with van der Waals surface area (Å²) in [5.41, 5.74) is 1.08. The third-order valence-electron chi connectivity index (χ3n) is 5.74. The normalized spacial score (nSPS) is 20.5. The van der Waals surface area contributed by atoms with Gasteiger partial charge in [0.25, 0.3) is 5.56 Å². The zero-order chi connectivity index (χ0) is 20.6. The molecule has 10 heteroatoms. The number of aromatic nitrogens is 2.